The molecule has 2 rings (SSSR count). The van der Waals surface area contributed by atoms with Gasteiger partial charge >= 0.3 is 0 Å². The van der Waals surface area contributed by atoms with Gasteiger partial charge in [-0.05, 0) is 64.4 Å². The van der Waals surface area contributed by atoms with Crippen LogP contribution in [0.25, 0.3) is 0 Å². The molecule has 26 heavy (non-hydrogen) atoms. The van der Waals surface area contributed by atoms with Gasteiger partial charge in [0.1, 0.15) is 11.6 Å². The largest absolute Gasteiger partial charge is 0.306 e. The fourth-order valence-corrected chi connectivity index (χ4v) is 4.44. The van der Waals surface area contributed by atoms with Crippen molar-refractivity contribution >= 4 is 34.8 Å². The van der Waals surface area contributed by atoms with Gasteiger partial charge in [0.15, 0.2) is 0 Å². The number of likely N-dealkylation sites (N-methyl/N-ethyl adjacent to an activating group) is 1. The van der Waals surface area contributed by atoms with Crippen LogP contribution in [-0.2, 0) is 15.0 Å². The van der Waals surface area contributed by atoms with Crippen molar-refractivity contribution in [1.29, 1.82) is 0 Å². The molecule has 1 aromatic rings. The topological polar surface area (TPSA) is 37.4 Å². The molecule has 0 aromatic heterocycles. The molecule has 1 saturated carbocycles. The molecule has 0 bridgehead atoms. The molecular weight excluding hydrogens is 369 g/mol. The molecule has 144 valence electrons. The van der Waals surface area contributed by atoms with E-state index in [1.165, 1.54) is 18.9 Å². The number of carbonyl (C=O) groups is 2. The summed E-state index contributed by atoms with van der Waals surface area (Å²) in [6, 6.07) is 6.35. The Balaban J connectivity index is 2.05. The quantitative estimate of drug-likeness (QED) is 0.526. The number of benzene rings is 1. The van der Waals surface area contributed by atoms with Gasteiger partial charge in [0.2, 0.25) is 0 Å². The minimum atomic E-state index is 0.0811. The van der Waals surface area contributed by atoms with Gasteiger partial charge in [-0.1, -0.05) is 35.7 Å². The molecule has 0 amide bonds. The predicted molar refractivity (Wildman–Crippen MR) is 108 cm³/mol. The van der Waals surface area contributed by atoms with Crippen molar-refractivity contribution in [3.63, 3.8) is 0 Å². The van der Waals surface area contributed by atoms with E-state index in [2.05, 4.69) is 25.1 Å². The predicted octanol–water partition coefficient (Wildman–Crippen LogP) is 5.45. The molecule has 1 aromatic carbocycles. The minimum absolute atomic E-state index is 0.0811. The normalized spacial score (nSPS) is 17.0. The van der Waals surface area contributed by atoms with Crippen molar-refractivity contribution in [2.45, 2.75) is 69.7 Å². The summed E-state index contributed by atoms with van der Waals surface area (Å²) in [5.74, 6) is 0.271. The molecule has 0 N–H and O–H groups in total. The zero-order chi connectivity index (χ0) is 19.3. The summed E-state index contributed by atoms with van der Waals surface area (Å²) < 4.78 is 0. The molecule has 0 radical (unpaired) electrons. The van der Waals surface area contributed by atoms with Crippen LogP contribution < -0.4 is 0 Å². The lowest BCUT2D eigenvalue weighted by Crippen LogP contribution is -2.52. The average molecular weight is 398 g/mol. The number of Topliss-reactive ketones (excluding diaryl/α,β-unsaturated/α-hetero) is 2. The second-order valence-electron chi connectivity index (χ2n) is 7.75. The van der Waals surface area contributed by atoms with Crippen LogP contribution in [0.4, 0.5) is 0 Å². The third-order valence-electron chi connectivity index (χ3n) is 5.69. The fraction of sp³-hybridized carbons (Fsp3) is 0.619. The third-order valence-corrected chi connectivity index (χ3v) is 6.43. The maximum absolute atomic E-state index is 12.0. The highest BCUT2D eigenvalue weighted by molar-refractivity contribution is 6.42. The Bertz CT molecular complexity index is 653. The Morgan fingerprint density at radius 3 is 2.31 bits per heavy atom. The molecule has 5 heteroatoms. The second kappa shape index (κ2) is 9.34. The Labute approximate surface area is 167 Å². The van der Waals surface area contributed by atoms with E-state index in [9.17, 15) is 9.59 Å². The summed E-state index contributed by atoms with van der Waals surface area (Å²) in [7, 11) is 4.22. The molecule has 3 nitrogen and oxygen atoms in total. The number of rotatable bonds is 10. The van der Waals surface area contributed by atoms with Gasteiger partial charge in [-0.25, -0.2) is 0 Å². The summed E-state index contributed by atoms with van der Waals surface area (Å²) in [5, 5.41) is 1.19. The van der Waals surface area contributed by atoms with E-state index in [-0.39, 0.29) is 17.0 Å². The van der Waals surface area contributed by atoms with Crippen LogP contribution in [0.15, 0.2) is 18.2 Å². The van der Waals surface area contributed by atoms with Crippen molar-refractivity contribution in [2.75, 3.05) is 14.1 Å². The van der Waals surface area contributed by atoms with Gasteiger partial charge in [0.05, 0.1) is 10.0 Å². The molecular formula is C21H29Cl2NO2. The second-order valence-corrected chi connectivity index (χ2v) is 8.57. The van der Waals surface area contributed by atoms with Crippen LogP contribution in [0.3, 0.4) is 0 Å². The number of nitrogens with zero attached hydrogens (tertiary/aromatic N) is 1. The smallest absolute Gasteiger partial charge is 0.133 e. The van der Waals surface area contributed by atoms with Gasteiger partial charge in [-0.2, -0.15) is 0 Å². The Morgan fingerprint density at radius 2 is 1.81 bits per heavy atom. The van der Waals surface area contributed by atoms with Crippen molar-refractivity contribution in [1.82, 2.24) is 4.90 Å². The molecule has 0 aliphatic heterocycles. The van der Waals surface area contributed by atoms with Crippen LogP contribution in [0.2, 0.25) is 10.0 Å². The van der Waals surface area contributed by atoms with E-state index >= 15 is 0 Å². The lowest BCUT2D eigenvalue weighted by Gasteiger charge is -2.51. The van der Waals surface area contributed by atoms with Crippen LogP contribution >= 0.6 is 23.2 Å². The maximum atomic E-state index is 12.0. The minimum Gasteiger partial charge on any atom is -0.306 e. The Morgan fingerprint density at radius 1 is 1.12 bits per heavy atom. The van der Waals surface area contributed by atoms with Gasteiger partial charge < -0.3 is 9.69 Å². The summed E-state index contributed by atoms with van der Waals surface area (Å²) in [6.45, 7) is 1.53. The highest BCUT2D eigenvalue weighted by atomic mass is 35.5. The van der Waals surface area contributed by atoms with E-state index in [1.54, 1.807) is 0 Å². The van der Waals surface area contributed by atoms with Crippen LogP contribution in [0.5, 0.6) is 0 Å². The summed E-state index contributed by atoms with van der Waals surface area (Å²) in [6.07, 6.45) is 6.57. The lowest BCUT2D eigenvalue weighted by molar-refractivity contribution is -0.123. The van der Waals surface area contributed by atoms with E-state index in [0.29, 0.717) is 35.3 Å². The molecule has 1 fully saturated rings. The fourth-order valence-electron chi connectivity index (χ4n) is 4.14. The summed E-state index contributed by atoms with van der Waals surface area (Å²) in [5.41, 5.74) is 1.33. The number of ketones is 2. The zero-order valence-electron chi connectivity index (χ0n) is 16.0. The monoisotopic (exact) mass is 397 g/mol. The van der Waals surface area contributed by atoms with Gasteiger partial charge in [0.25, 0.3) is 0 Å². The van der Waals surface area contributed by atoms with Crippen molar-refractivity contribution in [2.24, 2.45) is 0 Å². The third kappa shape index (κ3) is 5.09. The molecule has 0 heterocycles. The SMILES string of the molecule is CC(=O)CCC(=O)CCCC(N(C)C)C1(c2ccc(Cl)c(Cl)c2)CCC1. The van der Waals surface area contributed by atoms with Gasteiger partial charge in [-0.15, -0.1) is 0 Å². The van der Waals surface area contributed by atoms with Crippen LogP contribution in [0.1, 0.15) is 63.9 Å². The van der Waals surface area contributed by atoms with Crippen molar-refractivity contribution in [3.05, 3.63) is 33.8 Å². The highest BCUT2D eigenvalue weighted by Crippen LogP contribution is 2.50. The highest BCUT2D eigenvalue weighted by Gasteiger charge is 2.46. The first-order valence-electron chi connectivity index (χ1n) is 9.39. The van der Waals surface area contributed by atoms with Gasteiger partial charge in [-0.3, -0.25) is 4.79 Å². The standard InChI is InChI=1S/C21H29Cl2NO2/c1-15(25)8-10-17(26)6-4-7-20(24(2)3)21(12-5-13-21)16-9-11-18(22)19(23)14-16/h9,11,14,20H,4-8,10,12-13H2,1-3H3. The maximum Gasteiger partial charge on any atom is 0.133 e. The number of carbonyl (C=O) groups excluding carboxylic acids is 2. The average Bonchev–Trinajstić information content (AvgIpc) is 2.53. The first-order valence-corrected chi connectivity index (χ1v) is 10.1. The summed E-state index contributed by atoms with van der Waals surface area (Å²) >= 11 is 12.4. The molecule has 0 spiro atoms. The number of hydrogen-bond donors (Lipinski definition) is 0. The zero-order valence-corrected chi connectivity index (χ0v) is 17.5. The molecule has 0 saturated heterocycles. The number of hydrogen-bond acceptors (Lipinski definition) is 3. The van der Waals surface area contributed by atoms with E-state index in [4.69, 9.17) is 23.2 Å². The molecule has 1 aliphatic carbocycles. The summed E-state index contributed by atoms with van der Waals surface area (Å²) in [4.78, 5) is 25.3. The molecule has 1 unspecified atom stereocenters. The number of halogens is 2. The van der Waals surface area contributed by atoms with Crippen molar-refractivity contribution < 1.29 is 9.59 Å². The van der Waals surface area contributed by atoms with Crippen LogP contribution in [-0.4, -0.2) is 36.6 Å². The molecule has 1 aliphatic rings. The van der Waals surface area contributed by atoms with E-state index in [0.717, 1.165) is 25.7 Å². The Hall–Kier alpha value is -0.900. The first kappa shape index (κ1) is 21.4. The van der Waals surface area contributed by atoms with E-state index in [1.807, 2.05) is 12.1 Å². The van der Waals surface area contributed by atoms with Gasteiger partial charge in [0, 0.05) is 30.7 Å². The lowest BCUT2D eigenvalue weighted by atomic mass is 9.59. The molecule has 1 atom stereocenters. The first-order chi connectivity index (χ1) is 12.3. The Kier molecular flexibility index (Phi) is 7.69. The van der Waals surface area contributed by atoms with Crippen LogP contribution in [0, 0.1) is 0 Å². The van der Waals surface area contributed by atoms with Crippen molar-refractivity contribution in [3.8, 4) is 0 Å². The van der Waals surface area contributed by atoms with E-state index < -0.39 is 0 Å².